The zero-order valence-electron chi connectivity index (χ0n) is 14.0. The number of nitrogens with one attached hydrogen (secondary N) is 1. The first-order valence-electron chi connectivity index (χ1n) is 8.04. The second-order valence-electron chi connectivity index (χ2n) is 5.89. The average molecular weight is 364 g/mol. The van der Waals surface area contributed by atoms with Crippen LogP contribution in [0.1, 0.15) is 11.3 Å². The molecule has 0 unspecified atom stereocenters. The van der Waals surface area contributed by atoms with Crippen LogP contribution in [0.4, 0.5) is 5.95 Å². The normalized spacial score (nSPS) is 11.0. The van der Waals surface area contributed by atoms with E-state index in [4.69, 9.17) is 0 Å². The summed E-state index contributed by atoms with van der Waals surface area (Å²) in [6.45, 7) is 2.31. The van der Waals surface area contributed by atoms with Gasteiger partial charge in [0.05, 0.1) is 5.69 Å². The summed E-state index contributed by atoms with van der Waals surface area (Å²) >= 11 is 1.58. The second kappa shape index (κ2) is 6.61. The molecule has 3 N–H and O–H groups in total. The predicted octanol–water partition coefficient (Wildman–Crippen LogP) is 4.09. The fourth-order valence-electron chi connectivity index (χ4n) is 2.79. The molecule has 4 rings (SSSR count). The number of phenols is 2. The van der Waals surface area contributed by atoms with Crippen LogP contribution in [0.2, 0.25) is 0 Å². The Morgan fingerprint density at radius 3 is 2.77 bits per heavy atom. The molecule has 26 heavy (non-hydrogen) atoms. The van der Waals surface area contributed by atoms with Gasteiger partial charge in [0.1, 0.15) is 17.2 Å². The van der Waals surface area contributed by atoms with E-state index in [2.05, 4.69) is 20.5 Å². The molecule has 0 saturated heterocycles. The Balaban J connectivity index is 1.60. The second-order valence-corrected chi connectivity index (χ2v) is 6.83. The Morgan fingerprint density at radius 1 is 1.08 bits per heavy atom. The number of hydrogen-bond acceptors (Lipinski definition) is 7. The summed E-state index contributed by atoms with van der Waals surface area (Å²) < 4.78 is 1.02. The van der Waals surface area contributed by atoms with Crippen LogP contribution in [0, 0.1) is 6.92 Å². The number of fused-ring (bicyclic) bond motifs is 1. The zero-order valence-corrected chi connectivity index (χ0v) is 14.8. The molecule has 0 radical (unpaired) electrons. The lowest BCUT2D eigenvalue weighted by Gasteiger charge is -2.09. The summed E-state index contributed by atoms with van der Waals surface area (Å²) in [5, 5.41) is 34.3. The van der Waals surface area contributed by atoms with Crippen molar-refractivity contribution in [1.29, 1.82) is 0 Å². The molecule has 0 aliphatic carbocycles. The van der Waals surface area contributed by atoms with Crippen molar-refractivity contribution in [3.63, 3.8) is 0 Å². The van der Waals surface area contributed by atoms with Crippen molar-refractivity contribution in [3.05, 3.63) is 59.1 Å². The molecule has 0 bridgehead atoms. The first-order chi connectivity index (χ1) is 12.6. The minimum absolute atomic E-state index is 0.198. The molecule has 4 aromatic rings. The lowest BCUT2D eigenvalue weighted by Crippen LogP contribution is -2.07. The van der Waals surface area contributed by atoms with Gasteiger partial charge < -0.3 is 15.5 Å². The topological polar surface area (TPSA) is 91.2 Å². The quantitative estimate of drug-likeness (QED) is 0.505. The molecule has 0 aliphatic rings. The molecule has 2 heterocycles. The van der Waals surface area contributed by atoms with Crippen molar-refractivity contribution < 1.29 is 10.2 Å². The third kappa shape index (κ3) is 3.04. The molecule has 130 valence electrons. The van der Waals surface area contributed by atoms with E-state index in [1.165, 1.54) is 0 Å². The van der Waals surface area contributed by atoms with E-state index >= 15 is 0 Å². The van der Waals surface area contributed by atoms with Gasteiger partial charge in [0, 0.05) is 22.2 Å². The van der Waals surface area contributed by atoms with Gasteiger partial charge >= 0.3 is 0 Å². The molecule has 0 amide bonds. The highest BCUT2D eigenvalue weighted by atomic mass is 32.1. The van der Waals surface area contributed by atoms with Gasteiger partial charge in [-0.1, -0.05) is 12.1 Å². The molecule has 0 fully saturated rings. The van der Waals surface area contributed by atoms with E-state index in [0.717, 1.165) is 15.6 Å². The third-order valence-corrected chi connectivity index (χ3v) is 4.97. The standard InChI is InChI=1S/C19H16N4O2S/c1-11-17(15-5-6-16-14(18(15)25)7-8-26-16)22-23-19(21-11)20-10-12-3-2-4-13(24)9-12/h2-9,24-25H,10H2,1H3,(H,20,21,23). The van der Waals surface area contributed by atoms with Crippen molar-refractivity contribution in [2.45, 2.75) is 13.5 Å². The van der Waals surface area contributed by atoms with Crippen LogP contribution >= 0.6 is 11.3 Å². The molecule has 7 heteroatoms. The van der Waals surface area contributed by atoms with Crippen LogP contribution in [0.15, 0.2) is 47.8 Å². The van der Waals surface area contributed by atoms with Crippen LogP contribution < -0.4 is 5.32 Å². The van der Waals surface area contributed by atoms with E-state index in [0.29, 0.717) is 29.4 Å². The van der Waals surface area contributed by atoms with Crippen LogP contribution in [0.25, 0.3) is 21.3 Å². The van der Waals surface area contributed by atoms with E-state index in [9.17, 15) is 10.2 Å². The molecule has 2 aromatic carbocycles. The fourth-order valence-corrected chi connectivity index (χ4v) is 3.58. The van der Waals surface area contributed by atoms with Gasteiger partial charge in [-0.15, -0.1) is 21.5 Å². The summed E-state index contributed by atoms with van der Waals surface area (Å²) in [6.07, 6.45) is 0. The van der Waals surface area contributed by atoms with Gasteiger partial charge in [-0.3, -0.25) is 0 Å². The van der Waals surface area contributed by atoms with E-state index in [1.54, 1.807) is 29.5 Å². The molecule has 0 atom stereocenters. The van der Waals surface area contributed by atoms with E-state index in [1.807, 2.05) is 36.6 Å². The van der Waals surface area contributed by atoms with Crippen molar-refractivity contribution >= 4 is 27.4 Å². The average Bonchev–Trinajstić information content (AvgIpc) is 3.11. The van der Waals surface area contributed by atoms with Gasteiger partial charge in [-0.25, -0.2) is 4.98 Å². The number of nitrogens with zero attached hydrogens (tertiary/aromatic N) is 3. The van der Waals surface area contributed by atoms with Crippen LogP contribution in [0.3, 0.4) is 0 Å². The minimum Gasteiger partial charge on any atom is -0.508 e. The summed E-state index contributed by atoms with van der Waals surface area (Å²) in [5.74, 6) is 0.809. The number of aryl methyl sites for hydroxylation is 1. The van der Waals surface area contributed by atoms with E-state index < -0.39 is 0 Å². The molecule has 0 aliphatic heterocycles. The Kier molecular flexibility index (Phi) is 4.14. The maximum atomic E-state index is 10.5. The summed E-state index contributed by atoms with van der Waals surface area (Å²) in [4.78, 5) is 4.44. The van der Waals surface area contributed by atoms with Crippen LogP contribution in [0.5, 0.6) is 11.5 Å². The number of aromatic hydroxyl groups is 2. The van der Waals surface area contributed by atoms with Gasteiger partial charge in [-0.2, -0.15) is 0 Å². The lowest BCUT2D eigenvalue weighted by atomic mass is 10.1. The zero-order chi connectivity index (χ0) is 18.1. The Labute approximate surface area is 153 Å². The highest BCUT2D eigenvalue weighted by Gasteiger charge is 2.14. The van der Waals surface area contributed by atoms with Crippen molar-refractivity contribution in [2.24, 2.45) is 0 Å². The first kappa shape index (κ1) is 16.3. The molecule has 6 nitrogen and oxygen atoms in total. The van der Waals surface area contributed by atoms with Crippen LogP contribution in [-0.2, 0) is 6.54 Å². The van der Waals surface area contributed by atoms with Gasteiger partial charge in [0.2, 0.25) is 5.95 Å². The molecule has 0 saturated carbocycles. The maximum absolute atomic E-state index is 10.5. The number of aromatic nitrogens is 3. The first-order valence-corrected chi connectivity index (χ1v) is 8.92. The summed E-state index contributed by atoms with van der Waals surface area (Å²) in [6, 6.07) is 12.7. The minimum atomic E-state index is 0.198. The predicted molar refractivity (Wildman–Crippen MR) is 102 cm³/mol. The third-order valence-electron chi connectivity index (χ3n) is 4.08. The Bertz CT molecular complexity index is 1090. The van der Waals surface area contributed by atoms with Crippen molar-refractivity contribution in [2.75, 3.05) is 5.32 Å². The number of anilines is 1. The smallest absolute Gasteiger partial charge is 0.243 e. The lowest BCUT2D eigenvalue weighted by molar-refractivity contribution is 0.474. The van der Waals surface area contributed by atoms with Gasteiger partial charge in [0.15, 0.2) is 0 Å². The maximum Gasteiger partial charge on any atom is 0.243 e. The number of benzene rings is 2. The molecule has 0 spiro atoms. The highest BCUT2D eigenvalue weighted by Crippen LogP contribution is 2.37. The van der Waals surface area contributed by atoms with Gasteiger partial charge in [-0.05, 0) is 48.2 Å². The molecule has 2 aromatic heterocycles. The summed E-state index contributed by atoms with van der Waals surface area (Å²) in [5.41, 5.74) is 2.76. The number of thiophene rings is 1. The number of hydrogen-bond donors (Lipinski definition) is 3. The largest absolute Gasteiger partial charge is 0.508 e. The van der Waals surface area contributed by atoms with Crippen molar-refractivity contribution in [3.8, 4) is 22.8 Å². The van der Waals surface area contributed by atoms with Crippen LogP contribution in [-0.4, -0.2) is 25.4 Å². The molecular weight excluding hydrogens is 348 g/mol. The monoisotopic (exact) mass is 364 g/mol. The number of rotatable bonds is 4. The Morgan fingerprint density at radius 2 is 1.96 bits per heavy atom. The van der Waals surface area contributed by atoms with Crippen molar-refractivity contribution in [1.82, 2.24) is 15.2 Å². The SMILES string of the molecule is Cc1nc(NCc2cccc(O)c2)nnc1-c1ccc2sccc2c1O. The number of phenolic OH excluding ortho intramolecular Hbond substituents is 2. The van der Waals surface area contributed by atoms with E-state index in [-0.39, 0.29) is 11.5 Å². The summed E-state index contributed by atoms with van der Waals surface area (Å²) in [7, 11) is 0. The Hall–Kier alpha value is -3.19. The molecular formula is C19H16N4O2S. The highest BCUT2D eigenvalue weighted by molar-refractivity contribution is 7.17. The fraction of sp³-hybridized carbons (Fsp3) is 0.105. The van der Waals surface area contributed by atoms with Gasteiger partial charge in [0.25, 0.3) is 0 Å².